The van der Waals surface area contributed by atoms with Gasteiger partial charge in [0.25, 0.3) is 0 Å². The molecule has 0 amide bonds. The molecule has 0 spiro atoms. The highest BCUT2D eigenvalue weighted by Crippen LogP contribution is 2.44. The molecule has 0 aromatic heterocycles. The van der Waals surface area contributed by atoms with E-state index in [1.165, 1.54) is 6.42 Å². The summed E-state index contributed by atoms with van der Waals surface area (Å²) in [6.07, 6.45) is 6.95. The average molecular weight is 218 g/mol. The molecule has 0 aromatic rings. The standard InChI is InChI=1S/C10H20NO2P/c1-2-9(11)10(8-14(12)13)6-4-3-5-7-10/h9H,2-8,11H2,1H3/p+1. The van der Waals surface area contributed by atoms with E-state index < -0.39 is 8.03 Å². The van der Waals surface area contributed by atoms with Gasteiger partial charge in [-0.1, -0.05) is 26.2 Å². The van der Waals surface area contributed by atoms with Crippen molar-refractivity contribution in [3.63, 3.8) is 0 Å². The number of nitrogens with two attached hydrogens (primary N) is 1. The fourth-order valence-electron chi connectivity index (χ4n) is 2.60. The van der Waals surface area contributed by atoms with Crippen molar-refractivity contribution < 1.29 is 9.46 Å². The first kappa shape index (κ1) is 12.1. The van der Waals surface area contributed by atoms with Crippen LogP contribution >= 0.6 is 8.03 Å². The Bertz CT molecular complexity index is 202. The van der Waals surface area contributed by atoms with Crippen LogP contribution in [0.5, 0.6) is 0 Å². The molecule has 0 aromatic carbocycles. The Morgan fingerprint density at radius 2 is 2.00 bits per heavy atom. The molecular weight excluding hydrogens is 197 g/mol. The molecule has 1 fully saturated rings. The molecular formula is C10H21NO2P+. The lowest BCUT2D eigenvalue weighted by molar-refractivity contribution is 0.167. The minimum absolute atomic E-state index is 0.0464. The van der Waals surface area contributed by atoms with Gasteiger partial charge in [-0.3, -0.25) is 0 Å². The molecule has 1 saturated carbocycles. The Morgan fingerprint density at radius 3 is 2.43 bits per heavy atom. The molecule has 0 bridgehead atoms. The highest BCUT2D eigenvalue weighted by Gasteiger charge is 2.43. The van der Waals surface area contributed by atoms with E-state index in [-0.39, 0.29) is 11.5 Å². The highest BCUT2D eigenvalue weighted by molar-refractivity contribution is 7.38. The Hall–Kier alpha value is 0.0200. The van der Waals surface area contributed by atoms with Crippen LogP contribution in [0.4, 0.5) is 0 Å². The van der Waals surface area contributed by atoms with Crippen LogP contribution in [0.3, 0.4) is 0 Å². The second kappa shape index (κ2) is 5.20. The predicted octanol–water partition coefficient (Wildman–Crippen LogP) is 2.41. The second-order valence-electron chi connectivity index (χ2n) is 4.45. The first-order valence-electron chi connectivity index (χ1n) is 5.50. The molecule has 0 heterocycles. The van der Waals surface area contributed by atoms with Crippen molar-refractivity contribution in [3.8, 4) is 0 Å². The highest BCUT2D eigenvalue weighted by atomic mass is 31.1. The first-order chi connectivity index (χ1) is 6.60. The van der Waals surface area contributed by atoms with Crippen molar-refractivity contribution in [1.29, 1.82) is 0 Å². The van der Waals surface area contributed by atoms with E-state index in [2.05, 4.69) is 6.92 Å². The van der Waals surface area contributed by atoms with Crippen LogP contribution in [-0.2, 0) is 4.57 Å². The molecule has 0 saturated heterocycles. The summed E-state index contributed by atoms with van der Waals surface area (Å²) in [5.41, 5.74) is 6.04. The van der Waals surface area contributed by atoms with Gasteiger partial charge in [-0.05, 0) is 23.8 Å². The van der Waals surface area contributed by atoms with Crippen molar-refractivity contribution >= 4 is 8.03 Å². The largest absolute Gasteiger partial charge is 0.506 e. The Labute approximate surface area is 86.9 Å². The van der Waals surface area contributed by atoms with Crippen molar-refractivity contribution in [2.45, 2.75) is 51.5 Å². The summed E-state index contributed by atoms with van der Waals surface area (Å²) < 4.78 is 11.0. The Balaban J connectivity index is 2.71. The van der Waals surface area contributed by atoms with E-state index in [1.54, 1.807) is 0 Å². The van der Waals surface area contributed by atoms with Gasteiger partial charge < -0.3 is 5.73 Å². The monoisotopic (exact) mass is 218 g/mol. The van der Waals surface area contributed by atoms with E-state index in [1.807, 2.05) is 0 Å². The Morgan fingerprint density at radius 1 is 1.43 bits per heavy atom. The fraction of sp³-hybridized carbons (Fsp3) is 1.00. The summed E-state index contributed by atoms with van der Waals surface area (Å²) in [5, 5.41) is 0. The van der Waals surface area contributed by atoms with Gasteiger partial charge in [0.2, 0.25) is 0 Å². The molecule has 82 valence electrons. The van der Waals surface area contributed by atoms with Gasteiger partial charge in [-0.15, -0.1) is 0 Å². The summed E-state index contributed by atoms with van der Waals surface area (Å²) in [6, 6.07) is 0.0916. The Kier molecular flexibility index (Phi) is 4.49. The first-order valence-corrected chi connectivity index (χ1v) is 6.89. The van der Waals surface area contributed by atoms with Crippen LogP contribution in [0, 0.1) is 5.41 Å². The van der Waals surface area contributed by atoms with E-state index >= 15 is 0 Å². The lowest BCUT2D eigenvalue weighted by Gasteiger charge is -2.38. The number of hydrogen-bond donors (Lipinski definition) is 2. The molecule has 3 nitrogen and oxygen atoms in total. The molecule has 14 heavy (non-hydrogen) atoms. The van der Waals surface area contributed by atoms with Crippen LogP contribution < -0.4 is 5.73 Å². The van der Waals surface area contributed by atoms with Gasteiger partial charge in [-0.25, -0.2) is 0 Å². The molecule has 2 atom stereocenters. The van der Waals surface area contributed by atoms with Crippen molar-refractivity contribution in [2.24, 2.45) is 11.1 Å². The van der Waals surface area contributed by atoms with Crippen LogP contribution in [0.2, 0.25) is 0 Å². The predicted molar refractivity (Wildman–Crippen MR) is 58.5 cm³/mol. The molecule has 2 unspecified atom stereocenters. The van der Waals surface area contributed by atoms with Gasteiger partial charge in [0.15, 0.2) is 6.16 Å². The molecule has 0 radical (unpaired) electrons. The minimum Gasteiger partial charge on any atom is -0.327 e. The van der Waals surface area contributed by atoms with Crippen LogP contribution in [0.25, 0.3) is 0 Å². The number of hydrogen-bond acceptors (Lipinski definition) is 2. The quantitative estimate of drug-likeness (QED) is 0.712. The normalized spacial score (nSPS) is 24.4. The third-order valence-corrected chi connectivity index (χ3v) is 4.43. The van der Waals surface area contributed by atoms with E-state index in [0.29, 0.717) is 6.16 Å². The van der Waals surface area contributed by atoms with E-state index in [0.717, 1.165) is 32.1 Å². The van der Waals surface area contributed by atoms with Crippen LogP contribution in [0.1, 0.15) is 45.4 Å². The SMILES string of the molecule is CCC(N)C1(C[P+](=O)O)CCCCC1. The third-order valence-electron chi connectivity index (χ3n) is 3.53. The summed E-state index contributed by atoms with van der Waals surface area (Å²) in [7, 11) is -2.04. The molecule has 4 heteroatoms. The summed E-state index contributed by atoms with van der Waals surface area (Å²) in [4.78, 5) is 9.07. The minimum atomic E-state index is -2.04. The maximum atomic E-state index is 11.0. The zero-order chi connectivity index (χ0) is 10.6. The van der Waals surface area contributed by atoms with Gasteiger partial charge >= 0.3 is 8.03 Å². The fourth-order valence-corrected chi connectivity index (χ4v) is 3.69. The second-order valence-corrected chi connectivity index (χ2v) is 5.47. The summed E-state index contributed by atoms with van der Waals surface area (Å²) in [5.74, 6) is 0. The molecule has 1 aliphatic carbocycles. The number of rotatable bonds is 4. The van der Waals surface area contributed by atoms with Crippen LogP contribution in [0.15, 0.2) is 0 Å². The summed E-state index contributed by atoms with van der Waals surface area (Å²) >= 11 is 0. The molecule has 0 aliphatic heterocycles. The topological polar surface area (TPSA) is 63.3 Å². The maximum Gasteiger partial charge on any atom is 0.506 e. The molecule has 3 N–H and O–H groups in total. The zero-order valence-corrected chi connectivity index (χ0v) is 9.80. The van der Waals surface area contributed by atoms with Gasteiger partial charge in [0.05, 0.1) is 0 Å². The smallest absolute Gasteiger partial charge is 0.327 e. The molecule has 1 rings (SSSR count). The lowest BCUT2D eigenvalue weighted by Crippen LogP contribution is -2.44. The lowest BCUT2D eigenvalue weighted by atomic mass is 9.70. The van der Waals surface area contributed by atoms with Crippen molar-refractivity contribution in [1.82, 2.24) is 0 Å². The maximum absolute atomic E-state index is 11.0. The van der Waals surface area contributed by atoms with Crippen LogP contribution in [-0.4, -0.2) is 17.1 Å². The van der Waals surface area contributed by atoms with E-state index in [4.69, 9.17) is 10.6 Å². The van der Waals surface area contributed by atoms with Gasteiger partial charge in [0, 0.05) is 11.5 Å². The average Bonchev–Trinajstić information content (AvgIpc) is 2.17. The zero-order valence-electron chi connectivity index (χ0n) is 8.91. The van der Waals surface area contributed by atoms with Crippen molar-refractivity contribution in [2.75, 3.05) is 6.16 Å². The van der Waals surface area contributed by atoms with E-state index in [9.17, 15) is 4.57 Å². The van der Waals surface area contributed by atoms with Crippen molar-refractivity contribution in [3.05, 3.63) is 0 Å². The third kappa shape index (κ3) is 2.75. The van der Waals surface area contributed by atoms with Gasteiger partial charge in [-0.2, -0.15) is 4.89 Å². The van der Waals surface area contributed by atoms with Gasteiger partial charge in [0.1, 0.15) is 0 Å². The summed E-state index contributed by atoms with van der Waals surface area (Å²) in [6.45, 7) is 2.06. The molecule has 1 aliphatic rings.